The summed E-state index contributed by atoms with van der Waals surface area (Å²) in [6, 6.07) is 4.87. The molecule has 20 heavy (non-hydrogen) atoms. The van der Waals surface area contributed by atoms with Crippen LogP contribution in [0.15, 0.2) is 18.3 Å². The summed E-state index contributed by atoms with van der Waals surface area (Å²) in [7, 11) is 0. The van der Waals surface area contributed by atoms with Crippen molar-refractivity contribution in [2.24, 2.45) is 5.92 Å². The van der Waals surface area contributed by atoms with Gasteiger partial charge >= 0.3 is 0 Å². The highest BCUT2D eigenvalue weighted by molar-refractivity contribution is 5.46. The summed E-state index contributed by atoms with van der Waals surface area (Å²) in [6.45, 7) is 3.15. The van der Waals surface area contributed by atoms with Crippen molar-refractivity contribution < 1.29 is 5.11 Å². The van der Waals surface area contributed by atoms with Gasteiger partial charge in [0.1, 0.15) is 0 Å². The number of aliphatic hydroxyl groups excluding tert-OH is 1. The molecule has 2 heterocycles. The lowest BCUT2D eigenvalue weighted by Gasteiger charge is -2.45. The fraction of sp³-hybridized carbons (Fsp3) is 0.706. The summed E-state index contributed by atoms with van der Waals surface area (Å²) in [5, 5.41) is 9.84. The van der Waals surface area contributed by atoms with Crippen LogP contribution < -0.4 is 4.90 Å². The number of rotatable bonds is 3. The second-order valence-electron chi connectivity index (χ2n) is 6.31. The van der Waals surface area contributed by atoms with Crippen LogP contribution in [0.5, 0.6) is 0 Å². The van der Waals surface area contributed by atoms with Crippen LogP contribution in [0.25, 0.3) is 0 Å². The molecule has 3 rings (SSSR count). The Balaban J connectivity index is 1.77. The highest BCUT2D eigenvalue weighted by Gasteiger charge is 2.33. The Morgan fingerprint density at radius 2 is 2.05 bits per heavy atom. The molecule has 3 atom stereocenters. The number of anilines is 1. The highest BCUT2D eigenvalue weighted by Crippen LogP contribution is 2.37. The molecule has 110 valence electrons. The van der Waals surface area contributed by atoms with Gasteiger partial charge in [0, 0.05) is 12.6 Å². The van der Waals surface area contributed by atoms with E-state index in [4.69, 9.17) is 0 Å². The maximum absolute atomic E-state index is 9.84. The average Bonchev–Trinajstić information content (AvgIpc) is 2.54. The van der Waals surface area contributed by atoms with Gasteiger partial charge in [-0.1, -0.05) is 19.8 Å². The minimum absolute atomic E-state index is 0.423. The molecule has 1 saturated heterocycles. The molecule has 1 N–H and O–H groups in total. The monoisotopic (exact) mass is 274 g/mol. The Kier molecular flexibility index (Phi) is 4.25. The maximum atomic E-state index is 9.84. The average molecular weight is 274 g/mol. The van der Waals surface area contributed by atoms with Gasteiger partial charge in [-0.05, 0) is 50.2 Å². The van der Waals surface area contributed by atoms with E-state index >= 15 is 0 Å². The van der Waals surface area contributed by atoms with E-state index in [2.05, 4.69) is 16.0 Å². The van der Waals surface area contributed by atoms with Crippen molar-refractivity contribution in [2.45, 2.75) is 64.0 Å². The number of hydrogen-bond donors (Lipinski definition) is 1. The first-order chi connectivity index (χ1) is 9.79. The van der Waals surface area contributed by atoms with E-state index in [-0.39, 0.29) is 0 Å². The third-order valence-corrected chi connectivity index (χ3v) is 5.07. The second-order valence-corrected chi connectivity index (χ2v) is 6.31. The molecular formula is C17H26N2O. The summed E-state index contributed by atoms with van der Waals surface area (Å²) in [5.74, 6) is 0.887. The molecule has 1 saturated carbocycles. The van der Waals surface area contributed by atoms with Crippen molar-refractivity contribution >= 4 is 5.69 Å². The first-order valence-electron chi connectivity index (χ1n) is 8.20. The van der Waals surface area contributed by atoms with Gasteiger partial charge in [-0.25, -0.2) is 0 Å². The number of aromatic nitrogens is 1. The molecule has 1 aliphatic carbocycles. The van der Waals surface area contributed by atoms with E-state index in [0.717, 1.165) is 24.1 Å². The van der Waals surface area contributed by atoms with Crippen LogP contribution >= 0.6 is 0 Å². The third kappa shape index (κ3) is 2.69. The molecular weight excluding hydrogens is 248 g/mol. The van der Waals surface area contributed by atoms with Gasteiger partial charge in [0.15, 0.2) is 0 Å². The van der Waals surface area contributed by atoms with Crippen LogP contribution in [-0.4, -0.2) is 22.7 Å². The van der Waals surface area contributed by atoms with Gasteiger partial charge < -0.3 is 10.0 Å². The minimum Gasteiger partial charge on any atom is -0.387 e. The zero-order valence-electron chi connectivity index (χ0n) is 12.5. The Labute approximate surface area is 122 Å². The number of aliphatic hydroxyl groups is 1. The number of nitrogens with zero attached hydrogens (tertiary/aromatic N) is 2. The fourth-order valence-electron chi connectivity index (χ4n) is 3.92. The van der Waals surface area contributed by atoms with Gasteiger partial charge in [0.05, 0.1) is 23.7 Å². The largest absolute Gasteiger partial charge is 0.387 e. The Hall–Kier alpha value is -1.09. The molecule has 3 nitrogen and oxygen atoms in total. The molecule has 1 aliphatic heterocycles. The summed E-state index contributed by atoms with van der Waals surface area (Å²) < 4.78 is 0. The lowest BCUT2D eigenvalue weighted by Crippen LogP contribution is -2.46. The maximum Gasteiger partial charge on any atom is 0.0957 e. The zero-order valence-corrected chi connectivity index (χ0v) is 12.5. The highest BCUT2D eigenvalue weighted by atomic mass is 16.3. The Morgan fingerprint density at radius 1 is 1.25 bits per heavy atom. The third-order valence-electron chi connectivity index (χ3n) is 5.07. The smallest absolute Gasteiger partial charge is 0.0957 e. The summed E-state index contributed by atoms with van der Waals surface area (Å²) in [4.78, 5) is 7.04. The van der Waals surface area contributed by atoms with Crippen LogP contribution in [-0.2, 0) is 0 Å². The molecule has 3 heteroatoms. The molecule has 0 aromatic carbocycles. The SMILES string of the molecule is CC[C@@H](O)c1ccc(N2CCCC3CCCCC32)cn1. The van der Waals surface area contributed by atoms with Crippen LogP contribution in [0.1, 0.15) is 63.7 Å². The fourth-order valence-corrected chi connectivity index (χ4v) is 3.92. The van der Waals surface area contributed by atoms with E-state index in [0.29, 0.717) is 0 Å². The first kappa shape index (κ1) is 13.9. The lowest BCUT2D eigenvalue weighted by molar-refractivity contribution is 0.169. The van der Waals surface area contributed by atoms with E-state index < -0.39 is 6.10 Å². The first-order valence-corrected chi connectivity index (χ1v) is 8.20. The number of pyridine rings is 1. The predicted molar refractivity (Wildman–Crippen MR) is 81.8 cm³/mol. The predicted octanol–water partition coefficient (Wildman–Crippen LogP) is 3.68. The van der Waals surface area contributed by atoms with Gasteiger partial charge in [-0.2, -0.15) is 0 Å². The molecule has 0 amide bonds. The van der Waals surface area contributed by atoms with Crippen LogP contribution in [0.4, 0.5) is 5.69 Å². The molecule has 0 radical (unpaired) electrons. The Bertz CT molecular complexity index is 429. The van der Waals surface area contributed by atoms with E-state index in [1.807, 2.05) is 19.2 Å². The summed E-state index contributed by atoms with van der Waals surface area (Å²) in [6.07, 6.45) is 10.5. The van der Waals surface area contributed by atoms with Crippen molar-refractivity contribution in [1.82, 2.24) is 4.98 Å². The van der Waals surface area contributed by atoms with E-state index in [1.54, 1.807) is 0 Å². The number of fused-ring (bicyclic) bond motifs is 1. The van der Waals surface area contributed by atoms with Crippen LogP contribution in [0.2, 0.25) is 0 Å². The van der Waals surface area contributed by atoms with Crippen molar-refractivity contribution in [3.63, 3.8) is 0 Å². The topological polar surface area (TPSA) is 36.4 Å². The number of hydrogen-bond acceptors (Lipinski definition) is 3. The van der Waals surface area contributed by atoms with Crippen molar-refractivity contribution in [3.8, 4) is 0 Å². The Morgan fingerprint density at radius 3 is 2.80 bits per heavy atom. The standard InChI is InChI=1S/C17H26N2O/c1-2-17(20)15-10-9-14(12-18-15)19-11-5-7-13-6-3-4-8-16(13)19/h9-10,12-13,16-17,20H,2-8,11H2,1H3/t13?,16?,17-/m1/s1. The van der Waals surface area contributed by atoms with E-state index in [9.17, 15) is 5.11 Å². The molecule has 1 aromatic heterocycles. The molecule has 2 fully saturated rings. The normalized spacial score (nSPS) is 28.0. The minimum atomic E-state index is -0.423. The van der Waals surface area contributed by atoms with Crippen molar-refractivity contribution in [2.75, 3.05) is 11.4 Å². The van der Waals surface area contributed by atoms with Crippen LogP contribution in [0, 0.1) is 5.92 Å². The van der Waals surface area contributed by atoms with E-state index in [1.165, 1.54) is 50.8 Å². The van der Waals surface area contributed by atoms with Crippen LogP contribution in [0.3, 0.4) is 0 Å². The summed E-state index contributed by atoms with van der Waals surface area (Å²) >= 11 is 0. The van der Waals surface area contributed by atoms with Gasteiger partial charge in [0.2, 0.25) is 0 Å². The van der Waals surface area contributed by atoms with Gasteiger partial charge in [-0.15, -0.1) is 0 Å². The second kappa shape index (κ2) is 6.13. The van der Waals surface area contributed by atoms with Gasteiger partial charge in [0.25, 0.3) is 0 Å². The lowest BCUT2D eigenvalue weighted by atomic mass is 9.78. The molecule has 1 aromatic rings. The number of piperidine rings is 1. The molecule has 2 unspecified atom stereocenters. The van der Waals surface area contributed by atoms with Crippen molar-refractivity contribution in [3.05, 3.63) is 24.0 Å². The molecule has 2 aliphatic rings. The summed E-state index contributed by atoms with van der Waals surface area (Å²) in [5.41, 5.74) is 2.04. The molecule has 0 spiro atoms. The molecule has 0 bridgehead atoms. The quantitative estimate of drug-likeness (QED) is 0.913. The van der Waals surface area contributed by atoms with Crippen molar-refractivity contribution in [1.29, 1.82) is 0 Å². The zero-order chi connectivity index (χ0) is 13.9. The van der Waals surface area contributed by atoms with Gasteiger partial charge in [-0.3, -0.25) is 4.98 Å².